The molecule has 2 heterocycles. The van der Waals surface area contributed by atoms with Crippen molar-refractivity contribution in [2.75, 3.05) is 0 Å². The summed E-state index contributed by atoms with van der Waals surface area (Å²) in [6, 6.07) is 3.89. The first-order valence-electron chi connectivity index (χ1n) is 6.00. The maximum Gasteiger partial charge on any atom is 0.243 e. The van der Waals surface area contributed by atoms with E-state index in [0.717, 1.165) is 4.88 Å². The molecule has 0 saturated heterocycles. The Balaban J connectivity index is 1.56. The minimum atomic E-state index is -0.278. The zero-order valence-electron chi connectivity index (χ0n) is 10.1. The monoisotopic (exact) mass is 279 g/mol. The molecule has 0 atom stereocenters. The fourth-order valence-electron chi connectivity index (χ4n) is 1.92. The highest BCUT2D eigenvalue weighted by molar-refractivity contribution is 7.13. The number of aliphatic hydroxyl groups is 1. The van der Waals surface area contributed by atoms with Gasteiger partial charge < -0.3 is 10.4 Å². The Kier molecular flexibility index (Phi) is 3.26. The summed E-state index contributed by atoms with van der Waals surface area (Å²) in [7, 11) is 0. The lowest BCUT2D eigenvalue weighted by atomic mass is 9.89. The number of aromatic nitrogens is 4. The average molecular weight is 279 g/mol. The van der Waals surface area contributed by atoms with E-state index in [1.807, 2.05) is 17.5 Å². The second-order valence-electron chi connectivity index (χ2n) is 4.51. The molecule has 0 radical (unpaired) electrons. The molecule has 1 aliphatic rings. The van der Waals surface area contributed by atoms with E-state index in [9.17, 15) is 4.79 Å². The van der Waals surface area contributed by atoms with Gasteiger partial charge in [0.25, 0.3) is 0 Å². The molecule has 0 unspecified atom stereocenters. The van der Waals surface area contributed by atoms with Crippen molar-refractivity contribution in [2.45, 2.75) is 31.5 Å². The van der Waals surface area contributed by atoms with Crippen LogP contribution in [0.15, 0.2) is 17.5 Å². The van der Waals surface area contributed by atoms with Crippen LogP contribution in [0.5, 0.6) is 0 Å². The summed E-state index contributed by atoms with van der Waals surface area (Å²) >= 11 is 1.53. The van der Waals surface area contributed by atoms with E-state index in [1.165, 1.54) is 16.1 Å². The van der Waals surface area contributed by atoms with E-state index in [-0.39, 0.29) is 24.6 Å². The van der Waals surface area contributed by atoms with Gasteiger partial charge in [0.1, 0.15) is 6.54 Å². The van der Waals surface area contributed by atoms with E-state index in [0.29, 0.717) is 18.7 Å². The molecule has 0 bridgehead atoms. The molecule has 0 aliphatic heterocycles. The minimum Gasteiger partial charge on any atom is -0.393 e. The number of nitrogens with one attached hydrogen (secondary N) is 1. The van der Waals surface area contributed by atoms with Crippen molar-refractivity contribution in [3.63, 3.8) is 0 Å². The van der Waals surface area contributed by atoms with Gasteiger partial charge in [0, 0.05) is 6.04 Å². The zero-order chi connectivity index (χ0) is 13.2. The van der Waals surface area contributed by atoms with Gasteiger partial charge in [-0.25, -0.2) is 0 Å². The molecular formula is C11H13N5O2S. The number of nitrogens with zero attached hydrogens (tertiary/aromatic N) is 4. The van der Waals surface area contributed by atoms with E-state index < -0.39 is 0 Å². The summed E-state index contributed by atoms with van der Waals surface area (Å²) in [6.45, 7) is 0.0466. The van der Waals surface area contributed by atoms with Gasteiger partial charge in [0.2, 0.25) is 11.7 Å². The molecule has 1 amide bonds. The van der Waals surface area contributed by atoms with Crippen molar-refractivity contribution in [3.8, 4) is 10.7 Å². The SMILES string of the molecule is O=C(Cn1nnc(-c2cccs2)n1)NC1CC(O)C1. The number of rotatable bonds is 4. The van der Waals surface area contributed by atoms with Crippen LogP contribution in [0.1, 0.15) is 12.8 Å². The summed E-state index contributed by atoms with van der Waals surface area (Å²) < 4.78 is 0. The Morgan fingerprint density at radius 3 is 3.11 bits per heavy atom. The van der Waals surface area contributed by atoms with E-state index in [1.54, 1.807) is 0 Å². The molecule has 1 fully saturated rings. The molecule has 19 heavy (non-hydrogen) atoms. The molecular weight excluding hydrogens is 266 g/mol. The Morgan fingerprint density at radius 2 is 2.42 bits per heavy atom. The van der Waals surface area contributed by atoms with Crippen LogP contribution in [0, 0.1) is 0 Å². The Labute approximate surface area is 113 Å². The van der Waals surface area contributed by atoms with Gasteiger partial charge in [-0.15, -0.1) is 21.5 Å². The van der Waals surface area contributed by atoms with Crippen LogP contribution in [0.3, 0.4) is 0 Å². The molecule has 2 aromatic heterocycles. The van der Waals surface area contributed by atoms with Crippen LogP contribution in [-0.2, 0) is 11.3 Å². The smallest absolute Gasteiger partial charge is 0.243 e. The molecule has 7 nitrogen and oxygen atoms in total. The minimum absolute atomic E-state index is 0.0466. The summed E-state index contributed by atoms with van der Waals surface area (Å²) in [6.07, 6.45) is 0.966. The largest absolute Gasteiger partial charge is 0.393 e. The third-order valence-corrected chi connectivity index (χ3v) is 3.82. The first-order chi connectivity index (χ1) is 9.20. The number of carbonyl (C=O) groups excluding carboxylic acids is 1. The van der Waals surface area contributed by atoms with E-state index >= 15 is 0 Å². The van der Waals surface area contributed by atoms with Gasteiger partial charge >= 0.3 is 0 Å². The molecule has 8 heteroatoms. The topological polar surface area (TPSA) is 92.9 Å². The van der Waals surface area contributed by atoms with Crippen molar-refractivity contribution >= 4 is 17.2 Å². The maximum atomic E-state index is 11.7. The van der Waals surface area contributed by atoms with Crippen molar-refractivity contribution in [2.24, 2.45) is 0 Å². The van der Waals surface area contributed by atoms with Crippen LogP contribution in [0.25, 0.3) is 10.7 Å². The summed E-state index contributed by atoms with van der Waals surface area (Å²) in [5, 5.41) is 25.8. The van der Waals surface area contributed by atoms with Crippen LogP contribution < -0.4 is 5.32 Å². The highest BCUT2D eigenvalue weighted by Crippen LogP contribution is 2.20. The lowest BCUT2D eigenvalue weighted by Crippen LogP contribution is -2.47. The molecule has 0 aromatic carbocycles. The number of amides is 1. The third kappa shape index (κ3) is 2.79. The number of tetrazole rings is 1. The molecule has 1 aliphatic carbocycles. The Hall–Kier alpha value is -1.80. The maximum absolute atomic E-state index is 11.7. The molecule has 0 spiro atoms. The highest BCUT2D eigenvalue weighted by Gasteiger charge is 2.28. The summed E-state index contributed by atoms with van der Waals surface area (Å²) in [4.78, 5) is 13.9. The molecule has 2 aromatic rings. The average Bonchev–Trinajstić information content (AvgIpc) is 2.96. The van der Waals surface area contributed by atoms with Crippen LogP contribution >= 0.6 is 11.3 Å². The van der Waals surface area contributed by atoms with Gasteiger partial charge in [-0.1, -0.05) is 6.07 Å². The zero-order valence-corrected chi connectivity index (χ0v) is 10.9. The second kappa shape index (κ2) is 5.06. The van der Waals surface area contributed by atoms with Gasteiger partial charge in [-0.3, -0.25) is 4.79 Å². The van der Waals surface area contributed by atoms with E-state index in [4.69, 9.17) is 5.11 Å². The first kappa shape index (κ1) is 12.2. The standard InChI is InChI=1S/C11H13N5O2S/c17-8-4-7(5-8)12-10(18)6-16-14-11(13-15-16)9-2-1-3-19-9/h1-3,7-8,17H,4-6H2,(H,12,18). The highest BCUT2D eigenvalue weighted by atomic mass is 32.1. The van der Waals surface area contributed by atoms with Crippen LogP contribution in [0.2, 0.25) is 0 Å². The van der Waals surface area contributed by atoms with E-state index in [2.05, 4.69) is 20.7 Å². The fraction of sp³-hybridized carbons (Fsp3) is 0.455. The van der Waals surface area contributed by atoms with Gasteiger partial charge in [0.15, 0.2) is 0 Å². The predicted molar refractivity (Wildman–Crippen MR) is 68.3 cm³/mol. The fourth-order valence-corrected chi connectivity index (χ4v) is 2.57. The number of hydrogen-bond acceptors (Lipinski definition) is 6. The molecule has 1 saturated carbocycles. The lowest BCUT2D eigenvalue weighted by Gasteiger charge is -2.31. The quantitative estimate of drug-likeness (QED) is 0.824. The molecule has 100 valence electrons. The molecule has 2 N–H and O–H groups in total. The Bertz CT molecular complexity index is 561. The second-order valence-corrected chi connectivity index (χ2v) is 5.46. The third-order valence-electron chi connectivity index (χ3n) is 2.96. The predicted octanol–water partition coefficient (Wildman–Crippen LogP) is 0.0411. The number of hydrogen-bond donors (Lipinski definition) is 2. The number of carbonyl (C=O) groups is 1. The van der Waals surface area contributed by atoms with Crippen LogP contribution in [-0.4, -0.2) is 43.4 Å². The number of thiophene rings is 1. The molecule has 3 rings (SSSR count). The van der Waals surface area contributed by atoms with Crippen LogP contribution in [0.4, 0.5) is 0 Å². The van der Waals surface area contributed by atoms with Crippen molar-refractivity contribution in [1.82, 2.24) is 25.5 Å². The van der Waals surface area contributed by atoms with Gasteiger partial charge in [0.05, 0.1) is 11.0 Å². The first-order valence-corrected chi connectivity index (χ1v) is 6.88. The lowest BCUT2D eigenvalue weighted by molar-refractivity contribution is -0.124. The number of aliphatic hydroxyl groups excluding tert-OH is 1. The van der Waals surface area contributed by atoms with Crippen molar-refractivity contribution < 1.29 is 9.90 Å². The van der Waals surface area contributed by atoms with Crippen molar-refractivity contribution in [3.05, 3.63) is 17.5 Å². The van der Waals surface area contributed by atoms with Crippen molar-refractivity contribution in [1.29, 1.82) is 0 Å². The van der Waals surface area contributed by atoms with Gasteiger partial charge in [-0.05, 0) is 29.5 Å². The Morgan fingerprint density at radius 1 is 1.58 bits per heavy atom. The van der Waals surface area contributed by atoms with Gasteiger partial charge in [-0.2, -0.15) is 4.80 Å². The summed E-state index contributed by atoms with van der Waals surface area (Å²) in [5.41, 5.74) is 0. The summed E-state index contributed by atoms with van der Waals surface area (Å²) in [5.74, 6) is 0.369. The normalized spacial score (nSPS) is 21.9.